The highest BCUT2D eigenvalue weighted by Crippen LogP contribution is 2.23. The number of aromatic nitrogens is 3. The number of carbonyl (C=O) groups excluding carboxylic acids is 1. The number of anilines is 1. The minimum Gasteiger partial charge on any atom is -0.484 e. The second kappa shape index (κ2) is 6.53. The lowest BCUT2D eigenvalue weighted by molar-refractivity contribution is -0.118. The number of fused-ring (bicyclic) bond motifs is 1. The maximum atomic E-state index is 11.8. The largest absolute Gasteiger partial charge is 0.484 e. The van der Waals surface area contributed by atoms with Crippen molar-refractivity contribution in [2.24, 2.45) is 7.05 Å². The fraction of sp³-hybridized carbons (Fsp3) is 0.250. The summed E-state index contributed by atoms with van der Waals surface area (Å²) in [7, 11) is 1.70. The van der Waals surface area contributed by atoms with Crippen LogP contribution in [-0.2, 0) is 18.3 Å². The molecule has 0 atom stereocenters. The standard InChI is InChI=1S/C16H16N4O4/c1-3-10-6-16(22)24-13-7-11(4-5-12(10)13)23-9-15(21)17-14-8-20(2)19-18-14/h4-8H,3,9H2,1-2H3,(H,17,21). The third-order valence-corrected chi connectivity index (χ3v) is 3.42. The summed E-state index contributed by atoms with van der Waals surface area (Å²) < 4.78 is 12.1. The number of hydrogen-bond acceptors (Lipinski definition) is 6. The Morgan fingerprint density at radius 1 is 1.38 bits per heavy atom. The van der Waals surface area contributed by atoms with Gasteiger partial charge in [-0.2, -0.15) is 0 Å². The molecule has 3 aromatic rings. The predicted octanol–water partition coefficient (Wildman–Crippen LogP) is 1.50. The Morgan fingerprint density at radius 3 is 2.92 bits per heavy atom. The van der Waals surface area contributed by atoms with Crippen molar-refractivity contribution >= 4 is 22.7 Å². The van der Waals surface area contributed by atoms with Gasteiger partial charge in [0.25, 0.3) is 5.91 Å². The fourth-order valence-corrected chi connectivity index (χ4v) is 2.32. The van der Waals surface area contributed by atoms with Crippen LogP contribution in [0.4, 0.5) is 5.82 Å². The third kappa shape index (κ3) is 3.43. The van der Waals surface area contributed by atoms with Crippen LogP contribution in [0, 0.1) is 0 Å². The molecule has 3 rings (SSSR count). The zero-order valence-corrected chi connectivity index (χ0v) is 13.3. The molecule has 0 aliphatic rings. The van der Waals surface area contributed by atoms with E-state index in [1.165, 1.54) is 10.7 Å². The van der Waals surface area contributed by atoms with Gasteiger partial charge in [0.1, 0.15) is 11.3 Å². The molecule has 2 aromatic heterocycles. The number of benzene rings is 1. The maximum absolute atomic E-state index is 11.8. The smallest absolute Gasteiger partial charge is 0.336 e. The minimum absolute atomic E-state index is 0.195. The molecule has 0 saturated carbocycles. The predicted molar refractivity (Wildman–Crippen MR) is 87.0 cm³/mol. The highest BCUT2D eigenvalue weighted by Gasteiger charge is 2.09. The minimum atomic E-state index is -0.406. The van der Waals surface area contributed by atoms with Crippen molar-refractivity contribution in [2.75, 3.05) is 11.9 Å². The van der Waals surface area contributed by atoms with Crippen LogP contribution in [-0.4, -0.2) is 27.5 Å². The number of ether oxygens (including phenoxy) is 1. The topological polar surface area (TPSA) is 99.2 Å². The number of aryl methyl sites for hydroxylation is 2. The summed E-state index contributed by atoms with van der Waals surface area (Å²) in [5, 5.41) is 10.9. The molecular formula is C16H16N4O4. The van der Waals surface area contributed by atoms with E-state index in [9.17, 15) is 9.59 Å². The van der Waals surface area contributed by atoms with Gasteiger partial charge in [-0.3, -0.25) is 9.48 Å². The van der Waals surface area contributed by atoms with E-state index < -0.39 is 5.63 Å². The van der Waals surface area contributed by atoms with Crippen LogP contribution in [0.5, 0.6) is 5.75 Å². The monoisotopic (exact) mass is 328 g/mol. The summed E-state index contributed by atoms with van der Waals surface area (Å²) in [4.78, 5) is 23.4. The number of nitrogens with one attached hydrogen (secondary N) is 1. The van der Waals surface area contributed by atoms with E-state index in [1.54, 1.807) is 25.4 Å². The Bertz CT molecular complexity index is 945. The Morgan fingerprint density at radius 2 is 2.21 bits per heavy atom. The van der Waals surface area contributed by atoms with Crippen molar-refractivity contribution in [1.82, 2.24) is 15.0 Å². The molecule has 24 heavy (non-hydrogen) atoms. The summed E-state index contributed by atoms with van der Waals surface area (Å²) in [6, 6.07) is 6.63. The molecule has 0 bridgehead atoms. The number of hydrogen-bond donors (Lipinski definition) is 1. The lowest BCUT2D eigenvalue weighted by Gasteiger charge is -2.08. The Labute approximate surface area is 137 Å². The van der Waals surface area contributed by atoms with Gasteiger partial charge >= 0.3 is 5.63 Å². The van der Waals surface area contributed by atoms with Gasteiger partial charge < -0.3 is 14.5 Å². The van der Waals surface area contributed by atoms with E-state index >= 15 is 0 Å². The summed E-state index contributed by atoms with van der Waals surface area (Å²) in [5.74, 6) is 0.427. The van der Waals surface area contributed by atoms with Crippen molar-refractivity contribution in [2.45, 2.75) is 13.3 Å². The first-order chi connectivity index (χ1) is 11.5. The van der Waals surface area contributed by atoms with Gasteiger partial charge in [0.15, 0.2) is 12.4 Å². The van der Waals surface area contributed by atoms with Crippen LogP contribution >= 0.6 is 0 Å². The van der Waals surface area contributed by atoms with E-state index in [4.69, 9.17) is 9.15 Å². The first-order valence-electron chi connectivity index (χ1n) is 7.41. The average Bonchev–Trinajstić information content (AvgIpc) is 2.96. The molecule has 1 amide bonds. The average molecular weight is 328 g/mol. The molecular weight excluding hydrogens is 312 g/mol. The Hall–Kier alpha value is -3.16. The quantitative estimate of drug-likeness (QED) is 0.713. The molecule has 1 aromatic carbocycles. The molecule has 0 fully saturated rings. The number of rotatable bonds is 5. The van der Waals surface area contributed by atoms with Crippen molar-refractivity contribution < 1.29 is 13.9 Å². The summed E-state index contributed by atoms with van der Waals surface area (Å²) in [6.45, 7) is 1.77. The lowest BCUT2D eigenvalue weighted by Crippen LogP contribution is -2.20. The summed E-state index contributed by atoms with van der Waals surface area (Å²) in [5.41, 5.74) is 0.941. The summed E-state index contributed by atoms with van der Waals surface area (Å²) >= 11 is 0. The van der Waals surface area contributed by atoms with Crippen LogP contribution in [0.25, 0.3) is 11.0 Å². The van der Waals surface area contributed by atoms with Gasteiger partial charge in [-0.1, -0.05) is 12.1 Å². The molecule has 1 N–H and O–H groups in total. The van der Waals surface area contributed by atoms with Crippen molar-refractivity contribution in [1.29, 1.82) is 0 Å². The van der Waals surface area contributed by atoms with Crippen LogP contribution in [0.15, 0.2) is 39.7 Å². The number of carbonyl (C=O) groups is 1. The highest BCUT2D eigenvalue weighted by molar-refractivity contribution is 5.90. The van der Waals surface area contributed by atoms with Gasteiger partial charge in [0.2, 0.25) is 0 Å². The zero-order chi connectivity index (χ0) is 17.1. The second-order valence-corrected chi connectivity index (χ2v) is 5.22. The lowest BCUT2D eigenvalue weighted by atomic mass is 10.1. The molecule has 0 radical (unpaired) electrons. The molecule has 0 aliphatic carbocycles. The van der Waals surface area contributed by atoms with E-state index in [2.05, 4.69) is 15.6 Å². The van der Waals surface area contributed by atoms with Crippen molar-refractivity contribution in [3.05, 3.63) is 46.4 Å². The van der Waals surface area contributed by atoms with Gasteiger partial charge in [-0.15, -0.1) is 5.10 Å². The number of nitrogens with zero attached hydrogens (tertiary/aromatic N) is 3. The molecule has 0 saturated heterocycles. The fourth-order valence-electron chi connectivity index (χ4n) is 2.32. The highest BCUT2D eigenvalue weighted by atomic mass is 16.5. The van der Waals surface area contributed by atoms with Crippen LogP contribution in [0.3, 0.4) is 0 Å². The van der Waals surface area contributed by atoms with E-state index in [0.29, 0.717) is 17.2 Å². The third-order valence-electron chi connectivity index (χ3n) is 3.42. The van der Waals surface area contributed by atoms with Gasteiger partial charge in [0, 0.05) is 24.6 Å². The van der Waals surface area contributed by atoms with Crippen molar-refractivity contribution in [3.8, 4) is 5.75 Å². The van der Waals surface area contributed by atoms with Gasteiger partial charge in [-0.05, 0) is 24.1 Å². The van der Waals surface area contributed by atoms with Crippen LogP contribution in [0.2, 0.25) is 0 Å². The summed E-state index contributed by atoms with van der Waals surface area (Å²) in [6.07, 6.45) is 2.30. The first kappa shape index (κ1) is 15.7. The second-order valence-electron chi connectivity index (χ2n) is 5.22. The zero-order valence-electron chi connectivity index (χ0n) is 13.3. The van der Waals surface area contributed by atoms with Gasteiger partial charge in [0.05, 0.1) is 6.20 Å². The van der Waals surface area contributed by atoms with E-state index in [0.717, 1.165) is 17.4 Å². The maximum Gasteiger partial charge on any atom is 0.336 e. The molecule has 2 heterocycles. The molecule has 8 heteroatoms. The molecule has 0 aliphatic heterocycles. The van der Waals surface area contributed by atoms with E-state index in [-0.39, 0.29) is 12.5 Å². The molecule has 0 spiro atoms. The molecule has 0 unspecified atom stereocenters. The Kier molecular flexibility index (Phi) is 4.28. The van der Waals surface area contributed by atoms with E-state index in [1.807, 2.05) is 13.0 Å². The first-order valence-corrected chi connectivity index (χ1v) is 7.41. The van der Waals surface area contributed by atoms with Crippen LogP contribution in [0.1, 0.15) is 12.5 Å². The molecule has 8 nitrogen and oxygen atoms in total. The van der Waals surface area contributed by atoms with Crippen molar-refractivity contribution in [3.63, 3.8) is 0 Å². The molecule has 124 valence electrons. The Balaban J connectivity index is 1.71. The number of amides is 1. The van der Waals surface area contributed by atoms with Gasteiger partial charge in [-0.25, -0.2) is 4.79 Å². The SMILES string of the molecule is CCc1cc(=O)oc2cc(OCC(=O)Nc3cn(C)nn3)ccc12. The normalized spacial score (nSPS) is 10.8. The van der Waals surface area contributed by atoms with Crippen LogP contribution < -0.4 is 15.7 Å².